The highest BCUT2D eigenvalue weighted by atomic mass is 19.1. The number of halogens is 1. The molecule has 3 nitrogen and oxygen atoms in total. The number of aliphatic hydroxyl groups excluding tert-OH is 1. The monoisotopic (exact) mass is 290 g/mol. The molecular formula is C17H19FO3. The van der Waals surface area contributed by atoms with E-state index in [4.69, 9.17) is 14.6 Å². The maximum Gasteiger partial charge on any atom is 0.133 e. The summed E-state index contributed by atoms with van der Waals surface area (Å²) in [5.74, 6) is 0.856. The molecule has 2 rings (SSSR count). The topological polar surface area (TPSA) is 38.7 Å². The van der Waals surface area contributed by atoms with Crippen LogP contribution in [0.2, 0.25) is 0 Å². The van der Waals surface area contributed by atoms with E-state index in [1.165, 1.54) is 13.2 Å². The Hall–Kier alpha value is -2.07. The van der Waals surface area contributed by atoms with Crippen LogP contribution in [-0.4, -0.2) is 12.2 Å². The quantitative estimate of drug-likeness (QED) is 0.915. The van der Waals surface area contributed by atoms with Gasteiger partial charge in [0.25, 0.3) is 0 Å². The van der Waals surface area contributed by atoms with Crippen LogP contribution in [0.15, 0.2) is 30.3 Å². The van der Waals surface area contributed by atoms with Crippen LogP contribution in [0.4, 0.5) is 4.39 Å². The van der Waals surface area contributed by atoms with E-state index in [1.54, 1.807) is 12.1 Å². The van der Waals surface area contributed by atoms with Crippen molar-refractivity contribution >= 4 is 0 Å². The highest BCUT2D eigenvalue weighted by Crippen LogP contribution is 2.26. The van der Waals surface area contributed by atoms with Gasteiger partial charge in [0.15, 0.2) is 0 Å². The van der Waals surface area contributed by atoms with Crippen LogP contribution in [0.25, 0.3) is 0 Å². The number of hydrogen-bond acceptors (Lipinski definition) is 3. The van der Waals surface area contributed by atoms with Crippen LogP contribution in [0.5, 0.6) is 11.5 Å². The Morgan fingerprint density at radius 3 is 2.29 bits per heavy atom. The fourth-order valence-electron chi connectivity index (χ4n) is 2.28. The van der Waals surface area contributed by atoms with Gasteiger partial charge in [0.05, 0.1) is 13.7 Å². The third kappa shape index (κ3) is 3.52. The van der Waals surface area contributed by atoms with Crippen molar-refractivity contribution in [3.63, 3.8) is 0 Å². The second kappa shape index (κ2) is 6.59. The number of ether oxygens (including phenoxy) is 2. The molecule has 112 valence electrons. The molecule has 0 aliphatic carbocycles. The molecule has 0 bridgehead atoms. The molecule has 21 heavy (non-hydrogen) atoms. The van der Waals surface area contributed by atoms with Crippen molar-refractivity contribution in [2.45, 2.75) is 27.1 Å². The molecule has 0 saturated heterocycles. The molecular weight excluding hydrogens is 271 g/mol. The van der Waals surface area contributed by atoms with E-state index in [0.29, 0.717) is 11.3 Å². The number of rotatable bonds is 5. The predicted molar refractivity (Wildman–Crippen MR) is 79.1 cm³/mol. The Morgan fingerprint density at radius 2 is 1.76 bits per heavy atom. The fourth-order valence-corrected chi connectivity index (χ4v) is 2.28. The van der Waals surface area contributed by atoms with Crippen molar-refractivity contribution in [2.24, 2.45) is 0 Å². The first kappa shape index (κ1) is 15.3. The summed E-state index contributed by atoms with van der Waals surface area (Å²) in [5, 5.41) is 9.17. The maximum atomic E-state index is 13.9. The van der Waals surface area contributed by atoms with Gasteiger partial charge in [-0.1, -0.05) is 12.1 Å². The van der Waals surface area contributed by atoms with Gasteiger partial charge in [-0.15, -0.1) is 0 Å². The van der Waals surface area contributed by atoms with E-state index in [0.717, 1.165) is 22.4 Å². The summed E-state index contributed by atoms with van der Waals surface area (Å²) < 4.78 is 24.6. The third-order valence-electron chi connectivity index (χ3n) is 3.33. The summed E-state index contributed by atoms with van der Waals surface area (Å²) >= 11 is 0. The van der Waals surface area contributed by atoms with Gasteiger partial charge in [-0.2, -0.15) is 0 Å². The van der Waals surface area contributed by atoms with E-state index in [9.17, 15) is 4.39 Å². The average molecular weight is 290 g/mol. The minimum absolute atomic E-state index is 0.00489. The molecule has 0 saturated carbocycles. The number of aryl methyl sites for hydroxylation is 2. The normalized spacial score (nSPS) is 10.5. The van der Waals surface area contributed by atoms with Gasteiger partial charge < -0.3 is 14.6 Å². The molecule has 0 atom stereocenters. The molecule has 2 aromatic carbocycles. The van der Waals surface area contributed by atoms with Crippen molar-refractivity contribution in [3.8, 4) is 11.5 Å². The van der Waals surface area contributed by atoms with Crippen molar-refractivity contribution in [2.75, 3.05) is 7.11 Å². The Bertz CT molecular complexity index is 615. The van der Waals surface area contributed by atoms with Gasteiger partial charge in [-0.3, -0.25) is 0 Å². The van der Waals surface area contributed by atoms with Gasteiger partial charge >= 0.3 is 0 Å². The first-order chi connectivity index (χ1) is 10.0. The second-order valence-corrected chi connectivity index (χ2v) is 4.96. The van der Waals surface area contributed by atoms with E-state index < -0.39 is 0 Å². The third-order valence-corrected chi connectivity index (χ3v) is 3.33. The van der Waals surface area contributed by atoms with Crippen LogP contribution >= 0.6 is 0 Å². The second-order valence-electron chi connectivity index (χ2n) is 4.96. The molecule has 0 aliphatic heterocycles. The zero-order chi connectivity index (χ0) is 15.4. The smallest absolute Gasteiger partial charge is 0.133 e. The summed E-state index contributed by atoms with van der Waals surface area (Å²) in [5.41, 5.74) is 3.16. The van der Waals surface area contributed by atoms with Crippen molar-refractivity contribution in [1.29, 1.82) is 0 Å². The molecule has 0 aliphatic rings. The standard InChI is InChI=1S/C17H19FO3/c1-11-6-13(9-19)7-12(2)17(11)21-10-14-4-5-15(20-3)8-16(14)18/h4-8,19H,9-10H2,1-3H3. The fraction of sp³-hybridized carbons (Fsp3) is 0.294. The van der Waals surface area contributed by atoms with Crippen LogP contribution in [-0.2, 0) is 13.2 Å². The van der Waals surface area contributed by atoms with Crippen LogP contribution in [0.1, 0.15) is 22.3 Å². The zero-order valence-corrected chi connectivity index (χ0v) is 12.4. The molecule has 4 heteroatoms. The lowest BCUT2D eigenvalue weighted by Gasteiger charge is -2.14. The minimum atomic E-state index is -0.350. The molecule has 0 fully saturated rings. The number of methoxy groups -OCH3 is 1. The Balaban J connectivity index is 2.17. The predicted octanol–water partition coefficient (Wildman–Crippen LogP) is 3.52. The number of hydrogen-bond donors (Lipinski definition) is 1. The average Bonchev–Trinajstić information content (AvgIpc) is 2.47. The minimum Gasteiger partial charge on any atom is -0.497 e. The highest BCUT2D eigenvalue weighted by molar-refractivity contribution is 5.43. The largest absolute Gasteiger partial charge is 0.497 e. The summed E-state index contributed by atoms with van der Waals surface area (Å²) in [6.07, 6.45) is 0. The van der Waals surface area contributed by atoms with Gasteiger partial charge in [0.2, 0.25) is 0 Å². The SMILES string of the molecule is COc1ccc(COc2c(C)cc(CO)cc2C)c(F)c1. The van der Waals surface area contributed by atoms with Gasteiger partial charge in [-0.05, 0) is 42.7 Å². The molecule has 1 N–H and O–H groups in total. The lowest BCUT2D eigenvalue weighted by atomic mass is 10.1. The summed E-state index contributed by atoms with van der Waals surface area (Å²) in [7, 11) is 1.50. The molecule has 0 aromatic heterocycles. The molecule has 0 heterocycles. The highest BCUT2D eigenvalue weighted by Gasteiger charge is 2.09. The van der Waals surface area contributed by atoms with Gasteiger partial charge in [-0.25, -0.2) is 4.39 Å². The zero-order valence-electron chi connectivity index (χ0n) is 12.4. The van der Waals surface area contributed by atoms with Gasteiger partial charge in [0, 0.05) is 11.6 Å². The van der Waals surface area contributed by atoms with Crippen molar-refractivity contribution < 1.29 is 19.0 Å². The van der Waals surface area contributed by atoms with E-state index in [-0.39, 0.29) is 19.0 Å². The van der Waals surface area contributed by atoms with Crippen LogP contribution in [0, 0.1) is 19.7 Å². The Labute approximate surface area is 124 Å². The van der Waals surface area contributed by atoms with Crippen molar-refractivity contribution in [3.05, 3.63) is 58.4 Å². The molecule has 0 radical (unpaired) electrons. The maximum absolute atomic E-state index is 13.9. The lowest BCUT2D eigenvalue weighted by molar-refractivity contribution is 0.279. The Kier molecular flexibility index (Phi) is 4.81. The van der Waals surface area contributed by atoms with Crippen molar-refractivity contribution in [1.82, 2.24) is 0 Å². The summed E-state index contributed by atoms with van der Waals surface area (Å²) in [6.45, 7) is 3.96. The van der Waals surface area contributed by atoms with Crippen LogP contribution in [0.3, 0.4) is 0 Å². The first-order valence-corrected chi connectivity index (χ1v) is 6.71. The number of aliphatic hydroxyl groups is 1. The Morgan fingerprint density at radius 1 is 1.10 bits per heavy atom. The number of benzene rings is 2. The lowest BCUT2D eigenvalue weighted by Crippen LogP contribution is -2.02. The molecule has 0 unspecified atom stereocenters. The first-order valence-electron chi connectivity index (χ1n) is 6.71. The molecule has 0 spiro atoms. The summed E-state index contributed by atoms with van der Waals surface area (Å²) in [4.78, 5) is 0. The van der Waals surface area contributed by atoms with E-state index in [1.807, 2.05) is 26.0 Å². The van der Waals surface area contributed by atoms with E-state index in [2.05, 4.69) is 0 Å². The van der Waals surface area contributed by atoms with Gasteiger partial charge in [0.1, 0.15) is 23.9 Å². The molecule has 2 aromatic rings. The van der Waals surface area contributed by atoms with Crippen LogP contribution < -0.4 is 9.47 Å². The summed E-state index contributed by atoms with van der Waals surface area (Å²) in [6, 6.07) is 8.43. The van der Waals surface area contributed by atoms with E-state index >= 15 is 0 Å². The molecule has 0 amide bonds.